The van der Waals surface area contributed by atoms with Crippen molar-refractivity contribution in [1.29, 1.82) is 0 Å². The molecule has 0 saturated heterocycles. The molecule has 0 saturated carbocycles. The Balaban J connectivity index is 1.73. The quantitative estimate of drug-likeness (QED) is 0.722. The number of hydrogen-bond donors (Lipinski definition) is 2. The maximum absolute atomic E-state index is 13.9. The van der Waals surface area contributed by atoms with Gasteiger partial charge in [-0.1, -0.05) is 32.0 Å². The van der Waals surface area contributed by atoms with Gasteiger partial charge in [-0.15, -0.1) is 0 Å². The Kier molecular flexibility index (Phi) is 3.85. The monoisotopic (exact) mass is 377 g/mol. The van der Waals surface area contributed by atoms with E-state index in [9.17, 15) is 9.18 Å². The Morgan fingerprint density at radius 3 is 2.86 bits per heavy atom. The molecular formula is C23H24FN3O. The summed E-state index contributed by atoms with van der Waals surface area (Å²) < 4.78 is 13.9. The van der Waals surface area contributed by atoms with Crippen molar-refractivity contribution in [3.8, 4) is 0 Å². The van der Waals surface area contributed by atoms with E-state index in [0.29, 0.717) is 19.0 Å². The number of amides is 1. The number of carbonyl (C=O) groups excluding carboxylic acids is 1. The largest absolute Gasteiger partial charge is 0.356 e. The molecule has 28 heavy (non-hydrogen) atoms. The summed E-state index contributed by atoms with van der Waals surface area (Å²) in [6.45, 7) is 5.71. The SMILES string of the molecule is CC(C)CCN1C(=O)C2(NCCc3c2[nH]c2ccc(F)cc32)c2ccccc21. The Labute approximate surface area is 163 Å². The molecular weight excluding hydrogens is 353 g/mol. The van der Waals surface area contributed by atoms with Crippen LogP contribution in [0.1, 0.15) is 37.1 Å². The molecule has 144 valence electrons. The second-order valence-corrected chi connectivity index (χ2v) is 8.25. The molecule has 0 bridgehead atoms. The number of H-pyrrole nitrogens is 1. The molecule has 5 heteroatoms. The predicted octanol–water partition coefficient (Wildman–Crippen LogP) is 4.09. The zero-order valence-corrected chi connectivity index (χ0v) is 16.2. The molecule has 3 aromatic rings. The van der Waals surface area contributed by atoms with Crippen LogP contribution in [0.4, 0.5) is 10.1 Å². The normalized spacial score (nSPS) is 21.0. The van der Waals surface area contributed by atoms with Crippen LogP contribution in [0.15, 0.2) is 42.5 Å². The highest BCUT2D eigenvalue weighted by atomic mass is 19.1. The standard InChI is InChI=1S/C23H24FN3O/c1-14(2)10-12-27-20-6-4-3-5-18(20)23(22(27)28)21-16(9-11-25-23)17-13-15(24)7-8-19(17)26-21/h3-8,13-14,25-26H,9-12H2,1-2H3. The summed E-state index contributed by atoms with van der Waals surface area (Å²) in [5.41, 5.74) is 3.82. The van der Waals surface area contributed by atoms with Crippen molar-refractivity contribution in [2.75, 3.05) is 18.0 Å². The zero-order chi connectivity index (χ0) is 19.5. The van der Waals surface area contributed by atoms with Crippen LogP contribution in [-0.4, -0.2) is 24.0 Å². The number of para-hydroxylation sites is 1. The Morgan fingerprint density at radius 1 is 1.21 bits per heavy atom. The third-order valence-electron chi connectivity index (χ3n) is 6.10. The first-order valence-electron chi connectivity index (χ1n) is 9.99. The molecule has 2 aliphatic heterocycles. The van der Waals surface area contributed by atoms with E-state index >= 15 is 0 Å². The van der Waals surface area contributed by atoms with Gasteiger partial charge in [-0.3, -0.25) is 10.1 Å². The molecule has 1 spiro atoms. The topological polar surface area (TPSA) is 48.1 Å². The van der Waals surface area contributed by atoms with Gasteiger partial charge in [0.2, 0.25) is 0 Å². The van der Waals surface area contributed by atoms with Gasteiger partial charge in [0, 0.05) is 35.2 Å². The van der Waals surface area contributed by atoms with E-state index in [-0.39, 0.29) is 11.7 Å². The van der Waals surface area contributed by atoms with Gasteiger partial charge < -0.3 is 9.88 Å². The van der Waals surface area contributed by atoms with Gasteiger partial charge in [0.05, 0.1) is 5.69 Å². The first-order valence-corrected chi connectivity index (χ1v) is 9.99. The highest BCUT2D eigenvalue weighted by Gasteiger charge is 2.55. The average Bonchev–Trinajstić information content (AvgIpc) is 3.16. The van der Waals surface area contributed by atoms with Crippen LogP contribution >= 0.6 is 0 Å². The molecule has 3 heterocycles. The second-order valence-electron chi connectivity index (χ2n) is 8.25. The van der Waals surface area contributed by atoms with E-state index < -0.39 is 5.54 Å². The number of benzene rings is 2. The molecule has 2 aliphatic rings. The highest BCUT2D eigenvalue weighted by Crippen LogP contribution is 2.47. The summed E-state index contributed by atoms with van der Waals surface area (Å²) in [6.07, 6.45) is 1.71. The van der Waals surface area contributed by atoms with Crippen molar-refractivity contribution >= 4 is 22.5 Å². The van der Waals surface area contributed by atoms with E-state index in [4.69, 9.17) is 0 Å². The Hall–Kier alpha value is -2.66. The number of nitrogens with zero attached hydrogens (tertiary/aromatic N) is 1. The number of aromatic amines is 1. The molecule has 0 radical (unpaired) electrons. The van der Waals surface area contributed by atoms with Crippen LogP contribution in [0.2, 0.25) is 0 Å². The fourth-order valence-electron chi connectivity index (χ4n) is 4.74. The predicted molar refractivity (Wildman–Crippen MR) is 109 cm³/mol. The maximum Gasteiger partial charge on any atom is 0.258 e. The van der Waals surface area contributed by atoms with Crippen LogP contribution in [-0.2, 0) is 16.8 Å². The van der Waals surface area contributed by atoms with Gasteiger partial charge in [-0.2, -0.15) is 0 Å². The van der Waals surface area contributed by atoms with Gasteiger partial charge >= 0.3 is 0 Å². The molecule has 1 aromatic heterocycles. The minimum atomic E-state index is -0.920. The molecule has 2 N–H and O–H groups in total. The van der Waals surface area contributed by atoms with E-state index in [1.807, 2.05) is 29.2 Å². The number of carbonyl (C=O) groups is 1. The van der Waals surface area contributed by atoms with Crippen molar-refractivity contribution in [3.63, 3.8) is 0 Å². The second kappa shape index (κ2) is 6.17. The minimum absolute atomic E-state index is 0.0577. The van der Waals surface area contributed by atoms with Gasteiger partial charge in [0.1, 0.15) is 5.82 Å². The van der Waals surface area contributed by atoms with Crippen LogP contribution in [0.5, 0.6) is 0 Å². The maximum atomic E-state index is 13.9. The first kappa shape index (κ1) is 17.4. The number of aromatic nitrogens is 1. The number of halogens is 1. The summed E-state index contributed by atoms with van der Waals surface area (Å²) in [5, 5.41) is 4.41. The minimum Gasteiger partial charge on any atom is -0.356 e. The summed E-state index contributed by atoms with van der Waals surface area (Å²) in [5.74, 6) is 0.323. The lowest BCUT2D eigenvalue weighted by atomic mass is 9.82. The lowest BCUT2D eigenvalue weighted by molar-refractivity contribution is -0.123. The summed E-state index contributed by atoms with van der Waals surface area (Å²) in [6, 6.07) is 12.8. The van der Waals surface area contributed by atoms with Crippen LogP contribution < -0.4 is 10.2 Å². The molecule has 4 nitrogen and oxygen atoms in total. The van der Waals surface area contributed by atoms with Crippen molar-refractivity contribution in [2.45, 2.75) is 32.2 Å². The summed E-state index contributed by atoms with van der Waals surface area (Å²) >= 11 is 0. The van der Waals surface area contributed by atoms with Gasteiger partial charge in [0.25, 0.3) is 5.91 Å². The molecule has 5 rings (SSSR count). The Morgan fingerprint density at radius 2 is 2.04 bits per heavy atom. The fourth-order valence-corrected chi connectivity index (χ4v) is 4.74. The van der Waals surface area contributed by atoms with Crippen molar-refractivity contribution < 1.29 is 9.18 Å². The fraction of sp³-hybridized carbons (Fsp3) is 0.348. The van der Waals surface area contributed by atoms with Gasteiger partial charge in [0.15, 0.2) is 5.54 Å². The highest BCUT2D eigenvalue weighted by molar-refractivity contribution is 6.11. The van der Waals surface area contributed by atoms with Gasteiger partial charge in [-0.25, -0.2) is 4.39 Å². The third kappa shape index (κ3) is 2.29. The molecule has 0 aliphatic carbocycles. The van der Waals surface area contributed by atoms with Crippen LogP contribution in [0.25, 0.3) is 10.9 Å². The lowest BCUT2D eigenvalue weighted by Crippen LogP contribution is -2.55. The lowest BCUT2D eigenvalue weighted by Gasteiger charge is -2.34. The number of hydrogen-bond acceptors (Lipinski definition) is 2. The number of fused-ring (bicyclic) bond motifs is 6. The molecule has 0 fully saturated rings. The first-order chi connectivity index (χ1) is 13.5. The van der Waals surface area contributed by atoms with E-state index in [2.05, 4.69) is 24.1 Å². The van der Waals surface area contributed by atoms with E-state index in [0.717, 1.165) is 46.3 Å². The smallest absolute Gasteiger partial charge is 0.258 e. The van der Waals surface area contributed by atoms with Gasteiger partial charge in [-0.05, 0) is 48.6 Å². The van der Waals surface area contributed by atoms with E-state index in [1.54, 1.807) is 12.1 Å². The number of rotatable bonds is 3. The summed E-state index contributed by atoms with van der Waals surface area (Å²) in [7, 11) is 0. The molecule has 1 atom stereocenters. The number of anilines is 1. The molecule has 1 amide bonds. The van der Waals surface area contributed by atoms with Crippen molar-refractivity contribution in [1.82, 2.24) is 10.3 Å². The van der Waals surface area contributed by atoms with Crippen molar-refractivity contribution in [2.24, 2.45) is 5.92 Å². The number of nitrogens with one attached hydrogen (secondary N) is 2. The molecule has 1 unspecified atom stereocenters. The van der Waals surface area contributed by atoms with Crippen LogP contribution in [0, 0.1) is 11.7 Å². The van der Waals surface area contributed by atoms with Crippen LogP contribution in [0.3, 0.4) is 0 Å². The van der Waals surface area contributed by atoms with E-state index in [1.165, 1.54) is 6.07 Å². The average molecular weight is 377 g/mol. The molecule has 2 aromatic carbocycles. The van der Waals surface area contributed by atoms with Crippen molar-refractivity contribution in [3.05, 3.63) is 65.1 Å². The Bertz CT molecular complexity index is 1090. The third-order valence-corrected chi connectivity index (χ3v) is 6.10. The zero-order valence-electron chi connectivity index (χ0n) is 16.2. The summed E-state index contributed by atoms with van der Waals surface area (Å²) in [4.78, 5) is 19.2.